The summed E-state index contributed by atoms with van der Waals surface area (Å²) in [4.78, 5) is 3.00. The molecule has 0 aromatic heterocycles. The number of fused-ring (bicyclic) bond motifs is 1. The zero-order chi connectivity index (χ0) is 17.2. The molecular weight excluding hydrogens is 306 g/mol. The second-order valence-electron chi connectivity index (χ2n) is 10.0. The molecule has 2 nitrogen and oxygen atoms in total. The van der Waals surface area contributed by atoms with Gasteiger partial charge in [0.05, 0.1) is 6.10 Å². The van der Waals surface area contributed by atoms with E-state index in [9.17, 15) is 5.11 Å². The van der Waals surface area contributed by atoms with Crippen molar-refractivity contribution in [3.05, 3.63) is 0 Å². The lowest BCUT2D eigenvalue weighted by Gasteiger charge is -2.55. The van der Waals surface area contributed by atoms with Gasteiger partial charge >= 0.3 is 0 Å². The number of nitrogens with zero attached hydrogens (tertiary/aromatic N) is 1. The summed E-state index contributed by atoms with van der Waals surface area (Å²) < 4.78 is 0. The maximum absolute atomic E-state index is 10.8. The van der Waals surface area contributed by atoms with E-state index in [-0.39, 0.29) is 6.10 Å². The fourth-order valence-corrected chi connectivity index (χ4v) is 7.10. The third-order valence-electron chi connectivity index (χ3n) is 8.45. The standard InChI is InChI=1S/C23H41NO/c1-17-15-22(20-12-6-8-14-23(20)25)24(16-18-9-3-2-4-10-18)21-13-7-5-11-19(17)21/h17-23,25H,2-16H2,1H3/t17-,19?,20?,21?,22?,23?/m1/s1. The van der Waals surface area contributed by atoms with E-state index in [4.69, 9.17) is 0 Å². The normalized spacial score (nSPS) is 44.4. The monoisotopic (exact) mass is 347 g/mol. The third kappa shape index (κ3) is 3.95. The Morgan fingerprint density at radius 2 is 1.36 bits per heavy atom. The molecule has 5 unspecified atom stereocenters. The number of aliphatic hydroxyl groups is 1. The maximum atomic E-state index is 10.8. The number of likely N-dealkylation sites (tertiary alicyclic amines) is 1. The van der Waals surface area contributed by atoms with Crippen LogP contribution < -0.4 is 0 Å². The van der Waals surface area contributed by atoms with E-state index in [0.29, 0.717) is 12.0 Å². The predicted octanol–water partition coefficient (Wildman–Crippen LogP) is 5.39. The molecule has 3 saturated carbocycles. The Kier molecular flexibility index (Phi) is 6.07. The SMILES string of the molecule is C[C@@H]1CC(C2CCCCC2O)N(CC2CCCCC2)C2CCCCC21. The van der Waals surface area contributed by atoms with E-state index in [1.165, 1.54) is 90.0 Å². The molecule has 6 atom stereocenters. The van der Waals surface area contributed by atoms with Crippen LogP contribution in [-0.4, -0.2) is 34.7 Å². The molecule has 1 saturated heterocycles. The molecule has 2 heteroatoms. The summed E-state index contributed by atoms with van der Waals surface area (Å²) in [6.07, 6.45) is 19.3. The number of hydrogen-bond acceptors (Lipinski definition) is 2. The van der Waals surface area contributed by atoms with Gasteiger partial charge in [-0.1, -0.05) is 51.9 Å². The molecule has 4 aliphatic rings. The highest BCUT2D eigenvalue weighted by atomic mass is 16.3. The highest BCUT2D eigenvalue weighted by molar-refractivity contribution is 4.99. The zero-order valence-corrected chi connectivity index (χ0v) is 16.5. The first kappa shape index (κ1) is 18.3. The average molecular weight is 348 g/mol. The van der Waals surface area contributed by atoms with E-state index in [2.05, 4.69) is 11.8 Å². The lowest BCUT2D eigenvalue weighted by atomic mass is 9.66. The van der Waals surface area contributed by atoms with Crippen LogP contribution in [0.5, 0.6) is 0 Å². The third-order valence-corrected chi connectivity index (χ3v) is 8.45. The minimum absolute atomic E-state index is 0.0278. The molecule has 1 heterocycles. The number of hydrogen-bond donors (Lipinski definition) is 1. The molecular formula is C23H41NO. The molecule has 0 aromatic carbocycles. The van der Waals surface area contributed by atoms with Gasteiger partial charge in [0.2, 0.25) is 0 Å². The fraction of sp³-hybridized carbons (Fsp3) is 1.00. The molecule has 0 radical (unpaired) electrons. The Labute approximate surface area is 155 Å². The predicted molar refractivity (Wildman–Crippen MR) is 105 cm³/mol. The van der Waals surface area contributed by atoms with Crippen molar-refractivity contribution < 1.29 is 5.11 Å². The second-order valence-corrected chi connectivity index (χ2v) is 10.0. The Morgan fingerprint density at radius 3 is 2.12 bits per heavy atom. The van der Waals surface area contributed by atoms with Crippen molar-refractivity contribution in [3.63, 3.8) is 0 Å². The lowest BCUT2D eigenvalue weighted by Crippen LogP contribution is -2.60. The van der Waals surface area contributed by atoms with E-state index in [0.717, 1.165) is 30.2 Å². The molecule has 4 fully saturated rings. The van der Waals surface area contributed by atoms with Gasteiger partial charge in [-0.25, -0.2) is 0 Å². The Morgan fingerprint density at radius 1 is 0.720 bits per heavy atom. The van der Waals surface area contributed by atoms with Crippen molar-refractivity contribution >= 4 is 0 Å². The number of aliphatic hydroxyl groups excluding tert-OH is 1. The summed E-state index contributed by atoms with van der Waals surface area (Å²) in [7, 11) is 0. The molecule has 0 amide bonds. The van der Waals surface area contributed by atoms with Crippen LogP contribution >= 0.6 is 0 Å². The molecule has 144 valence electrons. The van der Waals surface area contributed by atoms with Gasteiger partial charge < -0.3 is 5.11 Å². The topological polar surface area (TPSA) is 23.5 Å². The maximum Gasteiger partial charge on any atom is 0.0583 e. The first-order valence-corrected chi connectivity index (χ1v) is 11.7. The Bertz CT molecular complexity index is 418. The smallest absolute Gasteiger partial charge is 0.0583 e. The minimum atomic E-state index is -0.0278. The highest BCUT2D eigenvalue weighted by Crippen LogP contribution is 2.46. The average Bonchev–Trinajstić information content (AvgIpc) is 2.65. The van der Waals surface area contributed by atoms with Crippen molar-refractivity contribution in [1.29, 1.82) is 0 Å². The van der Waals surface area contributed by atoms with Crippen LogP contribution in [0.25, 0.3) is 0 Å². The van der Waals surface area contributed by atoms with Gasteiger partial charge in [0.25, 0.3) is 0 Å². The van der Waals surface area contributed by atoms with Gasteiger partial charge in [0, 0.05) is 24.5 Å². The van der Waals surface area contributed by atoms with Crippen molar-refractivity contribution in [3.8, 4) is 0 Å². The van der Waals surface area contributed by atoms with Crippen molar-refractivity contribution in [2.75, 3.05) is 6.54 Å². The van der Waals surface area contributed by atoms with Gasteiger partial charge in [-0.2, -0.15) is 0 Å². The molecule has 25 heavy (non-hydrogen) atoms. The van der Waals surface area contributed by atoms with Crippen LogP contribution in [0.2, 0.25) is 0 Å². The van der Waals surface area contributed by atoms with Gasteiger partial charge in [0.15, 0.2) is 0 Å². The Hall–Kier alpha value is -0.0800. The van der Waals surface area contributed by atoms with Crippen LogP contribution in [0.4, 0.5) is 0 Å². The molecule has 0 spiro atoms. The molecule has 4 rings (SSSR count). The van der Waals surface area contributed by atoms with Crippen LogP contribution in [0.3, 0.4) is 0 Å². The first-order valence-electron chi connectivity index (χ1n) is 11.7. The quantitative estimate of drug-likeness (QED) is 0.740. The molecule has 3 aliphatic carbocycles. The molecule has 1 aliphatic heterocycles. The Balaban J connectivity index is 1.54. The van der Waals surface area contributed by atoms with Gasteiger partial charge in [0.1, 0.15) is 0 Å². The van der Waals surface area contributed by atoms with E-state index in [1.807, 2.05) is 0 Å². The summed E-state index contributed by atoms with van der Waals surface area (Å²) >= 11 is 0. The minimum Gasteiger partial charge on any atom is -0.393 e. The van der Waals surface area contributed by atoms with Gasteiger partial charge in [-0.05, 0) is 62.7 Å². The van der Waals surface area contributed by atoms with E-state index < -0.39 is 0 Å². The summed E-state index contributed by atoms with van der Waals surface area (Å²) in [5.41, 5.74) is 0. The number of piperidine rings is 1. The van der Waals surface area contributed by atoms with E-state index in [1.54, 1.807) is 0 Å². The second kappa shape index (κ2) is 8.30. The molecule has 0 aromatic rings. The summed E-state index contributed by atoms with van der Waals surface area (Å²) in [5, 5.41) is 10.8. The highest BCUT2D eigenvalue weighted by Gasteiger charge is 2.46. The van der Waals surface area contributed by atoms with Crippen LogP contribution in [-0.2, 0) is 0 Å². The lowest BCUT2D eigenvalue weighted by molar-refractivity contribution is -0.0805. The van der Waals surface area contributed by atoms with Crippen molar-refractivity contribution in [2.24, 2.45) is 23.7 Å². The van der Waals surface area contributed by atoms with Crippen molar-refractivity contribution in [2.45, 2.75) is 115 Å². The largest absolute Gasteiger partial charge is 0.393 e. The summed E-state index contributed by atoms with van der Waals surface area (Å²) in [6.45, 7) is 3.88. The van der Waals surface area contributed by atoms with Gasteiger partial charge in [-0.3, -0.25) is 4.90 Å². The fourth-order valence-electron chi connectivity index (χ4n) is 7.10. The van der Waals surface area contributed by atoms with E-state index >= 15 is 0 Å². The van der Waals surface area contributed by atoms with Crippen LogP contribution in [0, 0.1) is 23.7 Å². The van der Waals surface area contributed by atoms with Crippen LogP contribution in [0.15, 0.2) is 0 Å². The summed E-state index contributed by atoms with van der Waals surface area (Å²) in [5.74, 6) is 3.30. The van der Waals surface area contributed by atoms with Crippen molar-refractivity contribution in [1.82, 2.24) is 4.90 Å². The summed E-state index contributed by atoms with van der Waals surface area (Å²) in [6, 6.07) is 1.50. The first-order chi connectivity index (χ1) is 12.2. The number of rotatable bonds is 3. The van der Waals surface area contributed by atoms with Crippen LogP contribution in [0.1, 0.15) is 96.8 Å². The molecule has 0 bridgehead atoms. The molecule has 1 N–H and O–H groups in total. The van der Waals surface area contributed by atoms with Gasteiger partial charge in [-0.15, -0.1) is 0 Å². The zero-order valence-electron chi connectivity index (χ0n) is 16.5.